The highest BCUT2D eigenvalue weighted by Crippen LogP contribution is 2.23. The third-order valence-corrected chi connectivity index (χ3v) is 3.43. The summed E-state index contributed by atoms with van der Waals surface area (Å²) in [7, 11) is 0. The van der Waals surface area contributed by atoms with Crippen molar-refractivity contribution < 1.29 is 19.4 Å². The Kier molecular flexibility index (Phi) is 5.15. The molecule has 0 radical (unpaired) electrons. The third-order valence-electron chi connectivity index (χ3n) is 2.72. The van der Waals surface area contributed by atoms with E-state index in [1.807, 2.05) is 16.8 Å². The van der Waals surface area contributed by atoms with Crippen LogP contribution in [0.4, 0.5) is 11.4 Å². The summed E-state index contributed by atoms with van der Waals surface area (Å²) >= 11 is 1.52. The zero-order valence-electron chi connectivity index (χ0n) is 11.6. The van der Waals surface area contributed by atoms with Gasteiger partial charge in [-0.3, -0.25) is 20.2 Å². The van der Waals surface area contributed by atoms with Gasteiger partial charge in [-0.15, -0.1) is 0 Å². The van der Waals surface area contributed by atoms with Crippen LogP contribution in [-0.4, -0.2) is 22.4 Å². The fourth-order valence-corrected chi connectivity index (χ4v) is 2.31. The molecule has 9 heteroatoms. The second kappa shape index (κ2) is 7.27. The van der Waals surface area contributed by atoms with Crippen LogP contribution in [0, 0.1) is 20.2 Å². The van der Waals surface area contributed by atoms with E-state index in [1.165, 1.54) is 11.3 Å². The van der Waals surface area contributed by atoms with Gasteiger partial charge in [0.05, 0.1) is 21.5 Å². The maximum atomic E-state index is 11.9. The van der Waals surface area contributed by atoms with E-state index in [0.29, 0.717) is 0 Å². The number of nitro benzene ring substituents is 2. The van der Waals surface area contributed by atoms with E-state index in [0.717, 1.165) is 23.8 Å². The Morgan fingerprint density at radius 3 is 2.35 bits per heavy atom. The lowest BCUT2D eigenvalue weighted by Gasteiger charge is -2.02. The van der Waals surface area contributed by atoms with Crippen molar-refractivity contribution in [3.63, 3.8) is 0 Å². The average Bonchev–Trinajstić information content (AvgIpc) is 3.04. The van der Waals surface area contributed by atoms with Crippen molar-refractivity contribution in [3.8, 4) is 0 Å². The van der Waals surface area contributed by atoms with Crippen LogP contribution in [0.3, 0.4) is 0 Å². The van der Waals surface area contributed by atoms with Crippen LogP contribution in [0.15, 0.2) is 41.1 Å². The molecule has 0 aliphatic heterocycles. The molecule has 0 saturated carbocycles. The normalized spacial score (nSPS) is 10.6. The van der Waals surface area contributed by atoms with Crippen molar-refractivity contribution in [3.05, 3.63) is 72.5 Å². The lowest BCUT2D eigenvalue weighted by molar-refractivity contribution is -0.394. The van der Waals surface area contributed by atoms with E-state index in [9.17, 15) is 25.0 Å². The standard InChI is InChI=1S/C14H10N2O6S/c17-14(22-4-1-2-10-3-5-23-9-10)11-6-12(15(18)19)8-13(7-11)16(20)21/h1-3,5-9H,4H2/b2-1+. The minimum Gasteiger partial charge on any atom is -0.458 e. The smallest absolute Gasteiger partial charge is 0.338 e. The SMILES string of the molecule is O=C(OC/C=C/c1ccsc1)c1cc([N+](=O)[O-])cc([N+](=O)[O-])c1. The van der Waals surface area contributed by atoms with E-state index in [4.69, 9.17) is 4.74 Å². The van der Waals surface area contributed by atoms with Crippen LogP contribution in [0.25, 0.3) is 6.08 Å². The van der Waals surface area contributed by atoms with Crippen LogP contribution in [0.2, 0.25) is 0 Å². The van der Waals surface area contributed by atoms with Crippen LogP contribution >= 0.6 is 11.3 Å². The van der Waals surface area contributed by atoms with Crippen LogP contribution < -0.4 is 0 Å². The Bertz CT molecular complexity index is 737. The predicted octanol–water partition coefficient (Wildman–Crippen LogP) is 3.43. The highest BCUT2D eigenvalue weighted by atomic mass is 32.1. The summed E-state index contributed by atoms with van der Waals surface area (Å²) in [6.45, 7) is -0.0504. The average molecular weight is 334 g/mol. The van der Waals surface area contributed by atoms with Crippen molar-refractivity contribution in [2.45, 2.75) is 0 Å². The number of ether oxygens (including phenoxy) is 1. The molecule has 1 aromatic heterocycles. The van der Waals surface area contributed by atoms with Gasteiger partial charge in [0.15, 0.2) is 0 Å². The first-order valence-electron chi connectivity index (χ1n) is 6.27. The molecular weight excluding hydrogens is 324 g/mol. The minimum atomic E-state index is -0.869. The quantitative estimate of drug-likeness (QED) is 0.454. The second-order valence-corrected chi connectivity index (χ2v) is 5.09. The Morgan fingerprint density at radius 2 is 1.83 bits per heavy atom. The maximum Gasteiger partial charge on any atom is 0.338 e. The van der Waals surface area contributed by atoms with Crippen LogP contribution in [0.5, 0.6) is 0 Å². The number of benzene rings is 1. The molecule has 0 saturated heterocycles. The zero-order chi connectivity index (χ0) is 16.8. The number of hydrogen-bond acceptors (Lipinski definition) is 7. The molecule has 2 aromatic rings. The van der Waals surface area contributed by atoms with Gasteiger partial charge in [-0.05, 0) is 28.5 Å². The molecule has 0 atom stereocenters. The molecule has 1 aromatic carbocycles. The molecule has 0 spiro atoms. The largest absolute Gasteiger partial charge is 0.458 e. The lowest BCUT2D eigenvalue weighted by Crippen LogP contribution is -2.06. The molecule has 0 N–H and O–H groups in total. The van der Waals surface area contributed by atoms with E-state index in [1.54, 1.807) is 12.2 Å². The molecule has 8 nitrogen and oxygen atoms in total. The first kappa shape index (κ1) is 16.3. The first-order valence-corrected chi connectivity index (χ1v) is 7.21. The van der Waals surface area contributed by atoms with Crippen molar-refractivity contribution >= 4 is 34.8 Å². The van der Waals surface area contributed by atoms with E-state index >= 15 is 0 Å². The number of nitrogens with zero attached hydrogens (tertiary/aromatic N) is 2. The van der Waals surface area contributed by atoms with Crippen LogP contribution in [-0.2, 0) is 4.74 Å². The van der Waals surface area contributed by atoms with Crippen molar-refractivity contribution in [1.82, 2.24) is 0 Å². The number of rotatable bonds is 6. The number of carbonyl (C=O) groups excluding carboxylic acids is 1. The predicted molar refractivity (Wildman–Crippen MR) is 83.4 cm³/mol. The number of non-ortho nitro benzene ring substituents is 2. The van der Waals surface area contributed by atoms with Gasteiger partial charge in [0.1, 0.15) is 6.61 Å². The minimum absolute atomic E-state index is 0.0504. The number of hydrogen-bond donors (Lipinski definition) is 0. The van der Waals surface area contributed by atoms with Crippen molar-refractivity contribution in [2.24, 2.45) is 0 Å². The molecule has 0 aliphatic carbocycles. The van der Waals surface area contributed by atoms with Gasteiger partial charge >= 0.3 is 5.97 Å². The summed E-state index contributed by atoms with van der Waals surface area (Å²) < 4.78 is 4.93. The molecule has 23 heavy (non-hydrogen) atoms. The summed E-state index contributed by atoms with van der Waals surface area (Å²) in [5.41, 5.74) is -0.369. The monoisotopic (exact) mass is 334 g/mol. The maximum absolute atomic E-state index is 11.9. The molecule has 0 fully saturated rings. The van der Waals surface area contributed by atoms with Gasteiger partial charge in [-0.2, -0.15) is 11.3 Å². The molecule has 0 amide bonds. The number of esters is 1. The Morgan fingerprint density at radius 1 is 1.17 bits per heavy atom. The molecule has 0 unspecified atom stereocenters. The Hall–Kier alpha value is -3.07. The first-order chi connectivity index (χ1) is 11.0. The summed E-state index contributed by atoms with van der Waals surface area (Å²) in [5.74, 6) is -0.869. The summed E-state index contributed by atoms with van der Waals surface area (Å²) in [5, 5.41) is 25.3. The fourth-order valence-electron chi connectivity index (χ4n) is 1.68. The van der Waals surface area contributed by atoms with Crippen molar-refractivity contribution in [2.75, 3.05) is 6.61 Å². The van der Waals surface area contributed by atoms with Gasteiger partial charge < -0.3 is 4.74 Å². The van der Waals surface area contributed by atoms with Gasteiger partial charge in [0.25, 0.3) is 11.4 Å². The number of carbonyl (C=O) groups is 1. The Labute approximate surface area is 133 Å². The molecule has 0 bridgehead atoms. The molecule has 118 valence electrons. The van der Waals surface area contributed by atoms with Crippen LogP contribution in [0.1, 0.15) is 15.9 Å². The van der Waals surface area contributed by atoms with Gasteiger partial charge in [-0.25, -0.2) is 4.79 Å². The second-order valence-electron chi connectivity index (χ2n) is 4.31. The molecule has 2 rings (SSSR count). The van der Waals surface area contributed by atoms with Crippen molar-refractivity contribution in [1.29, 1.82) is 0 Å². The van der Waals surface area contributed by atoms with E-state index in [2.05, 4.69) is 0 Å². The van der Waals surface area contributed by atoms with Gasteiger partial charge in [-0.1, -0.05) is 6.08 Å². The highest BCUT2D eigenvalue weighted by Gasteiger charge is 2.20. The summed E-state index contributed by atoms with van der Waals surface area (Å²) in [6, 6.07) is 4.55. The lowest BCUT2D eigenvalue weighted by atomic mass is 10.2. The third kappa shape index (κ3) is 4.45. The zero-order valence-corrected chi connectivity index (χ0v) is 12.4. The Balaban J connectivity index is 2.09. The topological polar surface area (TPSA) is 113 Å². The fraction of sp³-hybridized carbons (Fsp3) is 0.0714. The highest BCUT2D eigenvalue weighted by molar-refractivity contribution is 7.08. The summed E-state index contributed by atoms with van der Waals surface area (Å²) in [4.78, 5) is 31.8. The molecule has 1 heterocycles. The molecule has 0 aliphatic rings. The van der Waals surface area contributed by atoms with E-state index < -0.39 is 27.2 Å². The number of thiophene rings is 1. The molecular formula is C14H10N2O6S. The van der Waals surface area contributed by atoms with E-state index in [-0.39, 0.29) is 12.2 Å². The number of nitro groups is 2. The van der Waals surface area contributed by atoms with Gasteiger partial charge in [0, 0.05) is 12.1 Å². The van der Waals surface area contributed by atoms with Gasteiger partial charge in [0.2, 0.25) is 0 Å². The summed E-state index contributed by atoms with van der Waals surface area (Å²) in [6.07, 6.45) is 3.35.